The van der Waals surface area contributed by atoms with Crippen molar-refractivity contribution in [2.75, 3.05) is 19.8 Å². The van der Waals surface area contributed by atoms with E-state index >= 15 is 0 Å². The van der Waals surface area contributed by atoms with Crippen LogP contribution in [-0.4, -0.2) is 30.6 Å². The van der Waals surface area contributed by atoms with Crippen molar-refractivity contribution in [3.63, 3.8) is 0 Å². The Morgan fingerprint density at radius 1 is 1.53 bits per heavy atom. The Morgan fingerprint density at radius 2 is 2.26 bits per heavy atom. The van der Waals surface area contributed by atoms with Crippen molar-refractivity contribution in [3.05, 3.63) is 39.7 Å². The molecule has 0 saturated heterocycles. The normalized spacial score (nSPS) is 10.2. The summed E-state index contributed by atoms with van der Waals surface area (Å²) < 4.78 is 18.5. The summed E-state index contributed by atoms with van der Waals surface area (Å²) in [6, 6.07) is 2.85. The molecule has 0 aliphatic carbocycles. The van der Waals surface area contributed by atoms with Crippen molar-refractivity contribution in [1.82, 2.24) is 5.32 Å². The number of carbonyl (C=O) groups is 1. The van der Waals surface area contributed by atoms with Gasteiger partial charge in [-0.3, -0.25) is 14.9 Å². The van der Waals surface area contributed by atoms with Crippen LogP contribution in [0.5, 0.6) is 0 Å². The molecule has 0 radical (unpaired) electrons. The van der Waals surface area contributed by atoms with Gasteiger partial charge in [-0.1, -0.05) is 0 Å². The molecule has 1 aromatic rings. The van der Waals surface area contributed by atoms with Crippen molar-refractivity contribution in [2.45, 2.75) is 13.3 Å². The number of ether oxygens (including phenoxy) is 1. The van der Waals surface area contributed by atoms with Gasteiger partial charge in [0.2, 0.25) is 0 Å². The van der Waals surface area contributed by atoms with Crippen molar-refractivity contribution < 1.29 is 18.8 Å². The summed E-state index contributed by atoms with van der Waals surface area (Å²) >= 11 is 0. The van der Waals surface area contributed by atoms with Crippen LogP contribution in [0, 0.1) is 15.9 Å². The molecule has 1 amide bonds. The summed E-state index contributed by atoms with van der Waals surface area (Å²) in [5.74, 6) is -1.45. The van der Waals surface area contributed by atoms with Crippen LogP contribution in [0.1, 0.15) is 23.7 Å². The van der Waals surface area contributed by atoms with Gasteiger partial charge in [0.15, 0.2) is 0 Å². The lowest BCUT2D eigenvalue weighted by Gasteiger charge is -2.06. The first kappa shape index (κ1) is 15.0. The summed E-state index contributed by atoms with van der Waals surface area (Å²) in [5.41, 5.74) is -0.647. The van der Waals surface area contributed by atoms with E-state index in [2.05, 4.69) is 5.32 Å². The topological polar surface area (TPSA) is 81.5 Å². The Labute approximate surface area is 109 Å². The molecule has 1 rings (SSSR count). The quantitative estimate of drug-likeness (QED) is 0.466. The Kier molecular flexibility index (Phi) is 5.87. The highest BCUT2D eigenvalue weighted by Gasteiger charge is 2.16. The minimum Gasteiger partial charge on any atom is -0.382 e. The first-order chi connectivity index (χ1) is 9.06. The summed E-state index contributed by atoms with van der Waals surface area (Å²) in [6.45, 7) is 3.26. The third-order valence-electron chi connectivity index (χ3n) is 2.36. The molecule has 1 aromatic carbocycles. The fraction of sp³-hybridized carbons (Fsp3) is 0.417. The lowest BCUT2D eigenvalue weighted by atomic mass is 10.1. The Balaban J connectivity index is 2.61. The summed E-state index contributed by atoms with van der Waals surface area (Å²) in [7, 11) is 0. The number of halogens is 1. The molecule has 104 valence electrons. The van der Waals surface area contributed by atoms with E-state index < -0.39 is 16.6 Å². The molecule has 0 heterocycles. The number of hydrogen-bond acceptors (Lipinski definition) is 4. The maximum atomic E-state index is 13.4. The molecule has 7 heteroatoms. The number of nitrogens with one attached hydrogen (secondary N) is 1. The van der Waals surface area contributed by atoms with Crippen LogP contribution in [-0.2, 0) is 4.74 Å². The molecule has 0 aromatic heterocycles. The van der Waals surface area contributed by atoms with Gasteiger partial charge < -0.3 is 10.1 Å². The van der Waals surface area contributed by atoms with Crippen LogP contribution < -0.4 is 5.32 Å². The second-order valence-corrected chi connectivity index (χ2v) is 3.73. The summed E-state index contributed by atoms with van der Waals surface area (Å²) in [4.78, 5) is 21.5. The van der Waals surface area contributed by atoms with Gasteiger partial charge >= 0.3 is 0 Å². The third-order valence-corrected chi connectivity index (χ3v) is 2.36. The monoisotopic (exact) mass is 270 g/mol. The van der Waals surface area contributed by atoms with Crippen LogP contribution in [0.3, 0.4) is 0 Å². The van der Waals surface area contributed by atoms with E-state index in [1.54, 1.807) is 0 Å². The van der Waals surface area contributed by atoms with Crippen molar-refractivity contribution in [1.29, 1.82) is 0 Å². The SMILES string of the molecule is CCOCCCNC(=O)c1cc([N+](=O)[O-])ccc1F. The first-order valence-corrected chi connectivity index (χ1v) is 5.86. The largest absolute Gasteiger partial charge is 0.382 e. The fourth-order valence-electron chi connectivity index (χ4n) is 1.42. The zero-order chi connectivity index (χ0) is 14.3. The van der Waals surface area contributed by atoms with E-state index in [1.807, 2.05) is 6.92 Å². The second-order valence-electron chi connectivity index (χ2n) is 3.73. The molecule has 0 fully saturated rings. The van der Waals surface area contributed by atoms with E-state index in [-0.39, 0.29) is 11.3 Å². The number of rotatable bonds is 7. The molecule has 6 nitrogen and oxygen atoms in total. The van der Waals surface area contributed by atoms with Crippen molar-refractivity contribution >= 4 is 11.6 Å². The lowest BCUT2D eigenvalue weighted by molar-refractivity contribution is -0.384. The number of hydrogen-bond donors (Lipinski definition) is 1. The van der Waals surface area contributed by atoms with E-state index in [9.17, 15) is 19.3 Å². The maximum absolute atomic E-state index is 13.4. The molecule has 0 saturated carbocycles. The van der Waals surface area contributed by atoms with Gasteiger partial charge in [-0.2, -0.15) is 0 Å². The van der Waals surface area contributed by atoms with Crippen LogP contribution >= 0.6 is 0 Å². The molecule has 0 spiro atoms. The number of benzene rings is 1. The number of nitrogens with zero attached hydrogens (tertiary/aromatic N) is 1. The molecular weight excluding hydrogens is 255 g/mol. The average Bonchev–Trinajstić information content (AvgIpc) is 2.38. The highest BCUT2D eigenvalue weighted by molar-refractivity contribution is 5.95. The van der Waals surface area contributed by atoms with E-state index in [1.165, 1.54) is 0 Å². The number of non-ortho nitro benzene ring substituents is 1. The first-order valence-electron chi connectivity index (χ1n) is 5.86. The van der Waals surface area contributed by atoms with E-state index in [0.717, 1.165) is 18.2 Å². The summed E-state index contributed by atoms with van der Waals surface area (Å²) in [5, 5.41) is 13.0. The predicted molar refractivity (Wildman–Crippen MR) is 66.5 cm³/mol. The lowest BCUT2D eigenvalue weighted by Crippen LogP contribution is -2.26. The molecule has 0 unspecified atom stereocenters. The van der Waals surface area contributed by atoms with Crippen LogP contribution in [0.2, 0.25) is 0 Å². The Hall–Kier alpha value is -2.02. The Morgan fingerprint density at radius 3 is 2.89 bits per heavy atom. The van der Waals surface area contributed by atoms with Gasteiger partial charge in [0.05, 0.1) is 10.5 Å². The van der Waals surface area contributed by atoms with Gasteiger partial charge in [-0.05, 0) is 19.4 Å². The van der Waals surface area contributed by atoms with Gasteiger partial charge in [-0.15, -0.1) is 0 Å². The minimum atomic E-state index is -0.784. The smallest absolute Gasteiger partial charge is 0.270 e. The zero-order valence-corrected chi connectivity index (χ0v) is 10.5. The van der Waals surface area contributed by atoms with Crippen molar-refractivity contribution in [2.24, 2.45) is 0 Å². The highest BCUT2D eigenvalue weighted by atomic mass is 19.1. The third kappa shape index (κ3) is 4.63. The van der Waals surface area contributed by atoms with Crippen LogP contribution in [0.4, 0.5) is 10.1 Å². The standard InChI is InChI=1S/C12H15FN2O4/c1-2-19-7-3-6-14-12(16)10-8-9(15(17)18)4-5-11(10)13/h4-5,8H,2-3,6-7H2,1H3,(H,14,16). The van der Waals surface area contributed by atoms with Gasteiger partial charge in [0, 0.05) is 31.9 Å². The average molecular weight is 270 g/mol. The van der Waals surface area contributed by atoms with E-state index in [4.69, 9.17) is 4.74 Å². The van der Waals surface area contributed by atoms with Gasteiger partial charge in [0.25, 0.3) is 11.6 Å². The van der Waals surface area contributed by atoms with Crippen molar-refractivity contribution in [3.8, 4) is 0 Å². The molecule has 0 aliphatic heterocycles. The number of nitro benzene ring substituents is 1. The number of nitro groups is 1. The molecule has 0 atom stereocenters. The molecular formula is C12H15FN2O4. The van der Waals surface area contributed by atoms with Crippen LogP contribution in [0.25, 0.3) is 0 Å². The predicted octanol–water partition coefficient (Wildman–Crippen LogP) is 1.89. The maximum Gasteiger partial charge on any atom is 0.270 e. The Bertz CT molecular complexity index is 465. The minimum absolute atomic E-state index is 0.319. The highest BCUT2D eigenvalue weighted by Crippen LogP contribution is 2.16. The number of carbonyl (C=O) groups excluding carboxylic acids is 1. The van der Waals surface area contributed by atoms with Gasteiger partial charge in [-0.25, -0.2) is 4.39 Å². The number of amides is 1. The molecule has 1 N–H and O–H groups in total. The van der Waals surface area contributed by atoms with Gasteiger partial charge in [0.1, 0.15) is 5.82 Å². The van der Waals surface area contributed by atoms with E-state index in [0.29, 0.717) is 26.2 Å². The summed E-state index contributed by atoms with van der Waals surface area (Å²) in [6.07, 6.45) is 0.593. The molecule has 0 aliphatic rings. The molecule has 19 heavy (non-hydrogen) atoms. The zero-order valence-electron chi connectivity index (χ0n) is 10.5. The molecule has 0 bridgehead atoms. The fourth-order valence-corrected chi connectivity index (χ4v) is 1.42. The van der Waals surface area contributed by atoms with Crippen LogP contribution in [0.15, 0.2) is 18.2 Å². The second kappa shape index (κ2) is 7.42.